The van der Waals surface area contributed by atoms with Crippen LogP contribution in [-0.4, -0.2) is 54.5 Å². The second kappa shape index (κ2) is 10.3. The van der Waals surface area contributed by atoms with Gasteiger partial charge in [0.1, 0.15) is 11.5 Å². The fraction of sp³-hybridized carbons (Fsp3) is 0.667. The predicted octanol–water partition coefficient (Wildman–Crippen LogP) is 2.94. The van der Waals surface area contributed by atoms with Crippen LogP contribution >= 0.6 is 11.8 Å². The number of benzene rings is 1. The van der Waals surface area contributed by atoms with Crippen molar-refractivity contribution in [2.45, 2.75) is 57.3 Å². The van der Waals surface area contributed by atoms with Gasteiger partial charge in [-0.05, 0) is 56.9 Å². The molecule has 1 aromatic rings. The van der Waals surface area contributed by atoms with E-state index < -0.39 is 5.60 Å². The zero-order chi connectivity index (χ0) is 19.8. The van der Waals surface area contributed by atoms with E-state index in [1.165, 1.54) is 12.8 Å². The number of aliphatic hydroxyl groups is 1. The van der Waals surface area contributed by atoms with Crippen molar-refractivity contribution in [1.82, 2.24) is 10.6 Å². The van der Waals surface area contributed by atoms with E-state index in [2.05, 4.69) is 10.6 Å². The lowest BCUT2D eigenvalue weighted by molar-refractivity contribution is 0.0724. The summed E-state index contributed by atoms with van der Waals surface area (Å²) < 4.78 is 11.6. The molecule has 1 atom stereocenters. The van der Waals surface area contributed by atoms with E-state index in [0.717, 1.165) is 60.3 Å². The number of nitrogens with zero attached hydrogens (tertiary/aromatic N) is 1. The highest BCUT2D eigenvalue weighted by atomic mass is 32.2. The van der Waals surface area contributed by atoms with E-state index in [-0.39, 0.29) is 6.10 Å². The first-order valence-corrected chi connectivity index (χ1v) is 11.4. The van der Waals surface area contributed by atoms with Crippen molar-refractivity contribution in [3.05, 3.63) is 23.8 Å². The maximum absolute atomic E-state index is 10.6. The molecule has 7 heteroatoms. The minimum Gasteiger partial charge on any atom is -0.497 e. The molecule has 0 radical (unpaired) electrons. The molecule has 156 valence electrons. The van der Waals surface area contributed by atoms with Crippen LogP contribution in [0.3, 0.4) is 0 Å². The third kappa shape index (κ3) is 5.95. The second-order valence-electron chi connectivity index (χ2n) is 7.57. The number of nitrogens with one attached hydrogen (secondary N) is 2. The quantitative estimate of drug-likeness (QED) is 0.454. The lowest BCUT2D eigenvalue weighted by Gasteiger charge is -2.23. The summed E-state index contributed by atoms with van der Waals surface area (Å²) in [5.41, 5.74) is 0.401. The first-order chi connectivity index (χ1) is 13.6. The molecule has 0 spiro atoms. The summed E-state index contributed by atoms with van der Waals surface area (Å²) in [5.74, 6) is 4.16. The van der Waals surface area contributed by atoms with Crippen LogP contribution in [0.5, 0.6) is 11.5 Å². The number of aliphatic imine (C=N–C) groups is 1. The number of guanidine groups is 1. The average Bonchev–Trinajstić information content (AvgIpc) is 3.37. The van der Waals surface area contributed by atoms with Gasteiger partial charge in [-0.15, -0.1) is 0 Å². The van der Waals surface area contributed by atoms with Crippen LogP contribution in [0.4, 0.5) is 0 Å². The highest BCUT2D eigenvalue weighted by Gasteiger charge is 2.31. The topological polar surface area (TPSA) is 75.1 Å². The Morgan fingerprint density at radius 2 is 2.14 bits per heavy atom. The van der Waals surface area contributed by atoms with Crippen molar-refractivity contribution >= 4 is 17.7 Å². The summed E-state index contributed by atoms with van der Waals surface area (Å²) >= 11 is 1.80. The van der Waals surface area contributed by atoms with Crippen molar-refractivity contribution < 1.29 is 14.6 Å². The van der Waals surface area contributed by atoms with Crippen molar-refractivity contribution in [3.63, 3.8) is 0 Å². The minimum absolute atomic E-state index is 0.287. The smallest absolute Gasteiger partial charge is 0.191 e. The highest BCUT2D eigenvalue weighted by Crippen LogP contribution is 2.30. The minimum atomic E-state index is -0.641. The second-order valence-corrected chi connectivity index (χ2v) is 8.68. The molecule has 1 heterocycles. The van der Waals surface area contributed by atoms with Gasteiger partial charge in [0.25, 0.3) is 0 Å². The molecule has 0 aromatic heterocycles. The van der Waals surface area contributed by atoms with Crippen LogP contribution in [0.2, 0.25) is 0 Å². The molecule has 2 aliphatic rings. The zero-order valence-corrected chi connectivity index (χ0v) is 17.8. The van der Waals surface area contributed by atoms with Gasteiger partial charge in [0.15, 0.2) is 5.96 Å². The Balaban J connectivity index is 1.67. The summed E-state index contributed by atoms with van der Waals surface area (Å²) in [6.07, 6.45) is 5.80. The van der Waals surface area contributed by atoms with Gasteiger partial charge < -0.3 is 25.2 Å². The monoisotopic (exact) mass is 407 g/mol. The Bertz CT molecular complexity index is 656. The Morgan fingerprint density at radius 3 is 2.82 bits per heavy atom. The van der Waals surface area contributed by atoms with Gasteiger partial charge >= 0.3 is 0 Å². The number of hydrogen-bond donors (Lipinski definition) is 3. The van der Waals surface area contributed by atoms with Gasteiger partial charge in [0.05, 0.1) is 25.4 Å². The first kappa shape index (κ1) is 21.1. The maximum Gasteiger partial charge on any atom is 0.191 e. The Morgan fingerprint density at radius 1 is 1.32 bits per heavy atom. The predicted molar refractivity (Wildman–Crippen MR) is 116 cm³/mol. The highest BCUT2D eigenvalue weighted by molar-refractivity contribution is 7.99. The van der Waals surface area contributed by atoms with Crippen LogP contribution in [0.1, 0.15) is 44.6 Å². The molecular weight excluding hydrogens is 374 g/mol. The number of rotatable bonds is 8. The SMILES string of the molecule is CCNC(=NCc1ccc(OC)cc1OC1CCCC1)NCC1(O)CCSC1. The summed E-state index contributed by atoms with van der Waals surface area (Å²) in [6, 6.07) is 5.94. The van der Waals surface area contributed by atoms with Crippen molar-refractivity contribution in [1.29, 1.82) is 0 Å². The number of methoxy groups -OCH3 is 1. The van der Waals surface area contributed by atoms with Gasteiger partial charge in [-0.1, -0.05) is 0 Å². The van der Waals surface area contributed by atoms with Gasteiger partial charge in [-0.3, -0.25) is 0 Å². The Hall–Kier alpha value is -1.60. The molecule has 28 heavy (non-hydrogen) atoms. The summed E-state index contributed by atoms with van der Waals surface area (Å²) in [7, 11) is 1.67. The van der Waals surface area contributed by atoms with E-state index >= 15 is 0 Å². The van der Waals surface area contributed by atoms with E-state index in [9.17, 15) is 5.11 Å². The van der Waals surface area contributed by atoms with Crippen molar-refractivity contribution in [2.75, 3.05) is 31.7 Å². The molecule has 3 N–H and O–H groups in total. The van der Waals surface area contributed by atoms with Gasteiger partial charge in [0.2, 0.25) is 0 Å². The molecule has 0 amide bonds. The largest absolute Gasteiger partial charge is 0.497 e. The van der Waals surface area contributed by atoms with E-state index in [0.29, 0.717) is 13.1 Å². The van der Waals surface area contributed by atoms with Crippen LogP contribution in [0.15, 0.2) is 23.2 Å². The summed E-state index contributed by atoms with van der Waals surface area (Å²) in [6.45, 7) is 3.83. The molecule has 1 saturated heterocycles. The lowest BCUT2D eigenvalue weighted by atomic mass is 10.0. The molecule has 1 aromatic carbocycles. The number of hydrogen-bond acceptors (Lipinski definition) is 5. The van der Waals surface area contributed by atoms with E-state index in [1.807, 2.05) is 25.1 Å². The van der Waals surface area contributed by atoms with Crippen LogP contribution in [-0.2, 0) is 6.54 Å². The molecule has 1 aliphatic heterocycles. The Kier molecular flexibility index (Phi) is 7.73. The van der Waals surface area contributed by atoms with Crippen molar-refractivity contribution in [3.8, 4) is 11.5 Å². The maximum atomic E-state index is 10.6. The van der Waals surface area contributed by atoms with E-state index in [4.69, 9.17) is 14.5 Å². The summed E-state index contributed by atoms with van der Waals surface area (Å²) in [5, 5.41) is 17.1. The fourth-order valence-electron chi connectivity index (χ4n) is 3.58. The summed E-state index contributed by atoms with van der Waals surface area (Å²) in [4.78, 5) is 4.72. The zero-order valence-electron chi connectivity index (χ0n) is 17.0. The van der Waals surface area contributed by atoms with Gasteiger partial charge in [-0.25, -0.2) is 4.99 Å². The first-order valence-electron chi connectivity index (χ1n) is 10.3. The van der Waals surface area contributed by atoms with Crippen LogP contribution < -0.4 is 20.1 Å². The number of thioether (sulfide) groups is 1. The van der Waals surface area contributed by atoms with Gasteiger partial charge in [0, 0.05) is 30.5 Å². The van der Waals surface area contributed by atoms with E-state index in [1.54, 1.807) is 18.9 Å². The van der Waals surface area contributed by atoms with Crippen LogP contribution in [0, 0.1) is 0 Å². The molecule has 2 fully saturated rings. The molecule has 1 unspecified atom stereocenters. The van der Waals surface area contributed by atoms with Crippen LogP contribution in [0.25, 0.3) is 0 Å². The molecule has 3 rings (SSSR count). The molecule has 0 bridgehead atoms. The number of ether oxygens (including phenoxy) is 2. The lowest BCUT2D eigenvalue weighted by Crippen LogP contribution is -2.47. The molecular formula is C21H33N3O3S. The molecule has 1 aliphatic carbocycles. The van der Waals surface area contributed by atoms with Crippen molar-refractivity contribution in [2.24, 2.45) is 4.99 Å². The normalized spacial score (nSPS) is 23.0. The van der Waals surface area contributed by atoms with Gasteiger partial charge in [-0.2, -0.15) is 11.8 Å². The molecule has 1 saturated carbocycles. The standard InChI is InChI=1S/C21H33N3O3S/c1-3-22-20(24-14-21(25)10-11-28-15-21)23-13-16-8-9-18(26-2)12-19(16)27-17-6-4-5-7-17/h8-9,12,17,25H,3-7,10-11,13-15H2,1-2H3,(H2,22,23,24). The molecule has 6 nitrogen and oxygen atoms in total. The fourth-order valence-corrected chi connectivity index (χ4v) is 4.87. The average molecular weight is 408 g/mol. The Labute approximate surface area is 172 Å². The third-order valence-electron chi connectivity index (χ3n) is 5.29. The third-order valence-corrected chi connectivity index (χ3v) is 6.52.